The van der Waals surface area contributed by atoms with Crippen LogP contribution in [0, 0.1) is 0 Å². The van der Waals surface area contributed by atoms with Gasteiger partial charge in [-0.15, -0.1) is 0 Å². The first-order valence-corrected chi connectivity index (χ1v) is 9.02. The quantitative estimate of drug-likeness (QED) is 0.926. The molecule has 0 radical (unpaired) electrons. The lowest BCUT2D eigenvalue weighted by Crippen LogP contribution is -2.49. The standard InChI is InChI=1S/C19H30N2O/c22-19(17-9-4-3-5-10-17)16-20-12-8-11-18(15-20)21-13-6-1-2-7-14-21/h3-5,9-10,18-19,22H,1-2,6-8,11-16H2. The molecule has 0 spiro atoms. The molecule has 2 unspecified atom stereocenters. The first-order valence-electron chi connectivity index (χ1n) is 9.02. The van der Waals surface area contributed by atoms with Crippen molar-refractivity contribution in [3.05, 3.63) is 35.9 Å². The number of nitrogens with zero attached hydrogens (tertiary/aromatic N) is 2. The summed E-state index contributed by atoms with van der Waals surface area (Å²) in [4.78, 5) is 5.19. The van der Waals surface area contributed by atoms with E-state index in [9.17, 15) is 5.11 Å². The predicted molar refractivity (Wildman–Crippen MR) is 90.9 cm³/mol. The number of likely N-dealkylation sites (tertiary alicyclic amines) is 2. The van der Waals surface area contributed by atoms with E-state index in [1.165, 1.54) is 51.6 Å². The van der Waals surface area contributed by atoms with E-state index in [1.54, 1.807) is 0 Å². The Labute approximate surface area is 134 Å². The Morgan fingerprint density at radius 3 is 2.41 bits per heavy atom. The Bertz CT molecular complexity index is 428. The van der Waals surface area contributed by atoms with Crippen LogP contribution in [0.25, 0.3) is 0 Å². The molecular formula is C19H30N2O. The first kappa shape index (κ1) is 16.0. The maximum Gasteiger partial charge on any atom is 0.0916 e. The molecule has 1 aromatic carbocycles. The minimum Gasteiger partial charge on any atom is -0.387 e. The van der Waals surface area contributed by atoms with Crippen molar-refractivity contribution in [2.75, 3.05) is 32.7 Å². The van der Waals surface area contributed by atoms with Gasteiger partial charge in [0, 0.05) is 19.1 Å². The second kappa shape index (κ2) is 8.09. The van der Waals surface area contributed by atoms with Gasteiger partial charge in [0.05, 0.1) is 6.10 Å². The number of aliphatic hydroxyl groups is 1. The van der Waals surface area contributed by atoms with Crippen LogP contribution in [0.2, 0.25) is 0 Å². The number of hydrogen-bond donors (Lipinski definition) is 1. The molecule has 2 heterocycles. The summed E-state index contributed by atoms with van der Waals surface area (Å²) in [5, 5.41) is 10.5. The van der Waals surface area contributed by atoms with Gasteiger partial charge < -0.3 is 5.11 Å². The Kier molecular flexibility index (Phi) is 5.88. The van der Waals surface area contributed by atoms with Crippen LogP contribution in [0.15, 0.2) is 30.3 Å². The lowest BCUT2D eigenvalue weighted by atomic mass is 10.0. The van der Waals surface area contributed by atoms with Crippen molar-refractivity contribution < 1.29 is 5.11 Å². The van der Waals surface area contributed by atoms with Crippen molar-refractivity contribution in [3.8, 4) is 0 Å². The van der Waals surface area contributed by atoms with E-state index >= 15 is 0 Å². The van der Waals surface area contributed by atoms with Crippen molar-refractivity contribution in [1.82, 2.24) is 9.80 Å². The molecule has 0 aromatic heterocycles. The summed E-state index contributed by atoms with van der Waals surface area (Å²) < 4.78 is 0. The van der Waals surface area contributed by atoms with Crippen LogP contribution in [0.4, 0.5) is 0 Å². The normalized spacial score (nSPS) is 26.5. The fourth-order valence-corrected chi connectivity index (χ4v) is 3.98. The highest BCUT2D eigenvalue weighted by Gasteiger charge is 2.26. The number of rotatable bonds is 4. The summed E-state index contributed by atoms with van der Waals surface area (Å²) in [6.07, 6.45) is 7.77. The Morgan fingerprint density at radius 2 is 1.68 bits per heavy atom. The summed E-state index contributed by atoms with van der Waals surface area (Å²) in [5.74, 6) is 0. The van der Waals surface area contributed by atoms with Crippen LogP contribution < -0.4 is 0 Å². The molecule has 3 nitrogen and oxygen atoms in total. The van der Waals surface area contributed by atoms with E-state index < -0.39 is 0 Å². The molecule has 1 N–H and O–H groups in total. The highest BCUT2D eigenvalue weighted by atomic mass is 16.3. The zero-order chi connectivity index (χ0) is 15.2. The zero-order valence-corrected chi connectivity index (χ0v) is 13.7. The fourth-order valence-electron chi connectivity index (χ4n) is 3.98. The van der Waals surface area contributed by atoms with Crippen molar-refractivity contribution in [2.45, 2.75) is 50.7 Å². The third-order valence-electron chi connectivity index (χ3n) is 5.25. The number of hydrogen-bond acceptors (Lipinski definition) is 3. The molecule has 2 atom stereocenters. The average Bonchev–Trinajstić information content (AvgIpc) is 2.85. The predicted octanol–water partition coefficient (Wildman–Crippen LogP) is 3.06. The van der Waals surface area contributed by atoms with E-state index in [-0.39, 0.29) is 6.10 Å². The van der Waals surface area contributed by atoms with Gasteiger partial charge in [-0.3, -0.25) is 9.80 Å². The van der Waals surface area contributed by atoms with E-state index in [1.807, 2.05) is 30.3 Å². The lowest BCUT2D eigenvalue weighted by molar-refractivity contribution is 0.0583. The number of β-amino-alcohol motifs (C(OH)–C–C–N with tert-alkyl or cyclic N) is 1. The van der Waals surface area contributed by atoms with E-state index in [0.29, 0.717) is 6.04 Å². The van der Waals surface area contributed by atoms with Crippen molar-refractivity contribution in [1.29, 1.82) is 0 Å². The van der Waals surface area contributed by atoms with E-state index in [2.05, 4.69) is 9.80 Å². The monoisotopic (exact) mass is 302 g/mol. The van der Waals surface area contributed by atoms with Gasteiger partial charge in [-0.05, 0) is 50.9 Å². The fraction of sp³-hybridized carbons (Fsp3) is 0.684. The molecule has 1 aromatic rings. The van der Waals surface area contributed by atoms with Gasteiger partial charge in [0.1, 0.15) is 0 Å². The van der Waals surface area contributed by atoms with Gasteiger partial charge in [-0.25, -0.2) is 0 Å². The molecule has 3 rings (SSSR count). The zero-order valence-electron chi connectivity index (χ0n) is 13.7. The Balaban J connectivity index is 1.54. The molecule has 0 amide bonds. The molecular weight excluding hydrogens is 272 g/mol. The van der Waals surface area contributed by atoms with Crippen molar-refractivity contribution in [3.63, 3.8) is 0 Å². The highest BCUT2D eigenvalue weighted by molar-refractivity contribution is 5.17. The molecule has 0 aliphatic carbocycles. The summed E-state index contributed by atoms with van der Waals surface area (Å²) in [6, 6.07) is 10.8. The Hall–Kier alpha value is -0.900. The van der Waals surface area contributed by atoms with Crippen molar-refractivity contribution in [2.24, 2.45) is 0 Å². The van der Waals surface area contributed by atoms with Crippen LogP contribution in [0.5, 0.6) is 0 Å². The van der Waals surface area contributed by atoms with Crippen LogP contribution in [-0.4, -0.2) is 53.7 Å². The number of benzene rings is 1. The number of piperidine rings is 1. The highest BCUT2D eigenvalue weighted by Crippen LogP contribution is 2.22. The van der Waals surface area contributed by atoms with Gasteiger partial charge in [0.15, 0.2) is 0 Å². The summed E-state index contributed by atoms with van der Waals surface area (Å²) in [7, 11) is 0. The second-order valence-corrected chi connectivity index (χ2v) is 6.93. The second-order valence-electron chi connectivity index (χ2n) is 6.93. The molecule has 0 bridgehead atoms. The van der Waals surface area contributed by atoms with Crippen LogP contribution in [-0.2, 0) is 0 Å². The van der Waals surface area contributed by atoms with E-state index in [0.717, 1.165) is 25.2 Å². The smallest absolute Gasteiger partial charge is 0.0916 e. The summed E-state index contributed by atoms with van der Waals surface area (Å²) in [5.41, 5.74) is 1.04. The third kappa shape index (κ3) is 4.31. The molecule has 122 valence electrons. The SMILES string of the molecule is OC(CN1CCCC(N2CCCCCC2)C1)c1ccccc1. The lowest BCUT2D eigenvalue weighted by Gasteiger charge is -2.39. The van der Waals surface area contributed by atoms with Crippen LogP contribution >= 0.6 is 0 Å². The maximum atomic E-state index is 10.5. The first-order chi connectivity index (χ1) is 10.8. The third-order valence-corrected chi connectivity index (χ3v) is 5.25. The van der Waals surface area contributed by atoms with Gasteiger partial charge in [-0.1, -0.05) is 43.2 Å². The maximum absolute atomic E-state index is 10.5. The molecule has 2 fully saturated rings. The molecule has 0 saturated carbocycles. The number of aliphatic hydroxyl groups excluding tert-OH is 1. The van der Waals surface area contributed by atoms with Gasteiger partial charge in [0.2, 0.25) is 0 Å². The molecule has 2 aliphatic rings. The minimum absolute atomic E-state index is 0.357. The largest absolute Gasteiger partial charge is 0.387 e. The molecule has 2 aliphatic heterocycles. The summed E-state index contributed by atoms with van der Waals surface area (Å²) >= 11 is 0. The van der Waals surface area contributed by atoms with Gasteiger partial charge >= 0.3 is 0 Å². The van der Waals surface area contributed by atoms with Gasteiger partial charge in [-0.2, -0.15) is 0 Å². The van der Waals surface area contributed by atoms with Crippen LogP contribution in [0.3, 0.4) is 0 Å². The van der Waals surface area contributed by atoms with E-state index in [4.69, 9.17) is 0 Å². The van der Waals surface area contributed by atoms with Crippen molar-refractivity contribution >= 4 is 0 Å². The molecule has 2 saturated heterocycles. The topological polar surface area (TPSA) is 26.7 Å². The van der Waals surface area contributed by atoms with Gasteiger partial charge in [0.25, 0.3) is 0 Å². The summed E-state index contributed by atoms with van der Waals surface area (Å²) in [6.45, 7) is 5.59. The average molecular weight is 302 g/mol. The molecule has 22 heavy (non-hydrogen) atoms. The minimum atomic E-state index is -0.357. The van der Waals surface area contributed by atoms with Crippen LogP contribution in [0.1, 0.15) is 50.2 Å². The molecule has 3 heteroatoms. The Morgan fingerprint density at radius 1 is 0.955 bits per heavy atom.